The van der Waals surface area contributed by atoms with E-state index in [0.717, 1.165) is 6.20 Å². The number of imidazole rings is 1. The van der Waals surface area contributed by atoms with E-state index in [1.165, 1.54) is 19.9 Å². The van der Waals surface area contributed by atoms with Gasteiger partial charge in [0, 0.05) is 6.20 Å². The van der Waals surface area contributed by atoms with Gasteiger partial charge in [0.15, 0.2) is 5.65 Å². The summed E-state index contributed by atoms with van der Waals surface area (Å²) in [7, 11) is 0. The molecular weight excluding hydrogens is 311 g/mol. The SMILES string of the molecule is CC(C)C(C(=O)O)n1c(C(F)(F)F)nc2cc(Cl)cnc21. The summed E-state index contributed by atoms with van der Waals surface area (Å²) in [4.78, 5) is 18.6. The molecule has 1 atom stereocenters. The molecule has 2 rings (SSSR count). The van der Waals surface area contributed by atoms with Crippen molar-refractivity contribution in [1.29, 1.82) is 0 Å². The number of aliphatic carboxylic acids is 1. The second-order valence-electron chi connectivity index (χ2n) is 4.83. The Balaban J connectivity index is 2.83. The van der Waals surface area contributed by atoms with Gasteiger partial charge in [-0.05, 0) is 12.0 Å². The minimum atomic E-state index is -4.80. The van der Waals surface area contributed by atoms with Crippen LogP contribution in [-0.4, -0.2) is 25.6 Å². The van der Waals surface area contributed by atoms with Gasteiger partial charge < -0.3 is 5.11 Å². The number of fused-ring (bicyclic) bond motifs is 1. The molecule has 2 aromatic rings. The molecule has 0 aliphatic rings. The van der Waals surface area contributed by atoms with E-state index in [9.17, 15) is 23.1 Å². The fourth-order valence-electron chi connectivity index (χ4n) is 2.11. The maximum atomic E-state index is 13.1. The maximum Gasteiger partial charge on any atom is 0.449 e. The van der Waals surface area contributed by atoms with Crippen LogP contribution in [0.15, 0.2) is 12.3 Å². The van der Waals surface area contributed by atoms with Gasteiger partial charge in [0.1, 0.15) is 11.6 Å². The van der Waals surface area contributed by atoms with Crippen LogP contribution in [0.5, 0.6) is 0 Å². The van der Waals surface area contributed by atoms with Crippen LogP contribution in [0, 0.1) is 5.92 Å². The molecule has 1 unspecified atom stereocenters. The third-order valence-corrected chi connectivity index (χ3v) is 3.12. The predicted octanol–water partition coefficient (Wildman–Crippen LogP) is 3.39. The van der Waals surface area contributed by atoms with Crippen LogP contribution in [0.3, 0.4) is 0 Å². The van der Waals surface area contributed by atoms with E-state index in [-0.39, 0.29) is 16.2 Å². The third kappa shape index (κ3) is 2.80. The zero-order valence-electron chi connectivity index (χ0n) is 11.0. The number of pyridine rings is 1. The first-order valence-electron chi connectivity index (χ1n) is 5.96. The van der Waals surface area contributed by atoms with Gasteiger partial charge in [-0.1, -0.05) is 25.4 Å². The Morgan fingerprint density at radius 2 is 2.05 bits per heavy atom. The molecule has 0 aliphatic carbocycles. The highest BCUT2D eigenvalue weighted by molar-refractivity contribution is 6.31. The maximum absolute atomic E-state index is 13.1. The van der Waals surface area contributed by atoms with Gasteiger partial charge in [0.2, 0.25) is 5.82 Å². The van der Waals surface area contributed by atoms with E-state index in [4.69, 9.17) is 11.6 Å². The van der Waals surface area contributed by atoms with Crippen LogP contribution in [0.25, 0.3) is 11.2 Å². The summed E-state index contributed by atoms with van der Waals surface area (Å²) >= 11 is 5.69. The van der Waals surface area contributed by atoms with Crippen molar-refractivity contribution in [2.24, 2.45) is 5.92 Å². The first-order chi connectivity index (χ1) is 9.62. The molecular formula is C12H11ClF3N3O2. The molecule has 0 aliphatic heterocycles. The number of hydrogen-bond donors (Lipinski definition) is 1. The predicted molar refractivity (Wildman–Crippen MR) is 69.1 cm³/mol. The number of alkyl halides is 3. The van der Waals surface area contributed by atoms with Crippen molar-refractivity contribution in [2.75, 3.05) is 0 Å². The summed E-state index contributed by atoms with van der Waals surface area (Å²) in [6, 6.07) is -0.213. The van der Waals surface area contributed by atoms with Gasteiger partial charge in [0.25, 0.3) is 0 Å². The summed E-state index contributed by atoms with van der Waals surface area (Å²) in [5, 5.41) is 9.37. The highest BCUT2D eigenvalue weighted by Crippen LogP contribution is 2.35. The summed E-state index contributed by atoms with van der Waals surface area (Å²) in [5.74, 6) is -3.27. The fraction of sp³-hybridized carbons (Fsp3) is 0.417. The first kappa shape index (κ1) is 15.6. The lowest BCUT2D eigenvalue weighted by Crippen LogP contribution is -2.28. The summed E-state index contributed by atoms with van der Waals surface area (Å²) in [5.41, 5.74) is -0.255. The molecule has 0 bridgehead atoms. The van der Waals surface area contributed by atoms with Crippen molar-refractivity contribution in [3.63, 3.8) is 0 Å². The summed E-state index contributed by atoms with van der Waals surface area (Å²) in [6.07, 6.45) is -3.64. The number of carboxylic acids is 1. The third-order valence-electron chi connectivity index (χ3n) is 2.91. The Labute approximate surface area is 122 Å². The molecule has 21 heavy (non-hydrogen) atoms. The molecule has 2 heterocycles. The molecule has 5 nitrogen and oxygen atoms in total. The zero-order valence-corrected chi connectivity index (χ0v) is 11.8. The van der Waals surface area contributed by atoms with E-state index < -0.39 is 29.9 Å². The van der Waals surface area contributed by atoms with E-state index in [2.05, 4.69) is 9.97 Å². The lowest BCUT2D eigenvalue weighted by molar-refractivity contribution is -0.152. The minimum Gasteiger partial charge on any atom is -0.480 e. The molecule has 0 saturated heterocycles. The first-order valence-corrected chi connectivity index (χ1v) is 6.34. The van der Waals surface area contributed by atoms with Crippen LogP contribution < -0.4 is 0 Å². The van der Waals surface area contributed by atoms with Gasteiger partial charge in [0.05, 0.1) is 5.02 Å². The number of rotatable bonds is 3. The number of carbonyl (C=O) groups is 1. The Hall–Kier alpha value is -1.83. The molecule has 2 aromatic heterocycles. The van der Waals surface area contributed by atoms with Crippen molar-refractivity contribution < 1.29 is 23.1 Å². The van der Waals surface area contributed by atoms with Crippen molar-refractivity contribution in [3.05, 3.63) is 23.1 Å². The topological polar surface area (TPSA) is 68.0 Å². The molecule has 0 fully saturated rings. The van der Waals surface area contributed by atoms with Crippen molar-refractivity contribution in [2.45, 2.75) is 26.1 Å². The Kier molecular flexibility index (Phi) is 3.83. The monoisotopic (exact) mass is 321 g/mol. The van der Waals surface area contributed by atoms with Crippen LogP contribution in [0.4, 0.5) is 13.2 Å². The number of carboxylic acid groups (broad SMARTS) is 1. The van der Waals surface area contributed by atoms with Crippen LogP contribution in [-0.2, 0) is 11.0 Å². The van der Waals surface area contributed by atoms with Gasteiger partial charge >= 0.3 is 12.1 Å². The second kappa shape index (κ2) is 5.18. The van der Waals surface area contributed by atoms with E-state index in [0.29, 0.717) is 4.57 Å². The van der Waals surface area contributed by atoms with Crippen molar-refractivity contribution in [3.8, 4) is 0 Å². The van der Waals surface area contributed by atoms with Crippen LogP contribution in [0.1, 0.15) is 25.7 Å². The molecule has 0 radical (unpaired) electrons. The largest absolute Gasteiger partial charge is 0.480 e. The minimum absolute atomic E-state index is 0.0956. The highest BCUT2D eigenvalue weighted by atomic mass is 35.5. The molecule has 1 N–H and O–H groups in total. The van der Waals surface area contributed by atoms with Gasteiger partial charge in [-0.3, -0.25) is 4.57 Å². The molecule has 0 aromatic carbocycles. The van der Waals surface area contributed by atoms with Crippen LogP contribution >= 0.6 is 11.6 Å². The number of hydrogen-bond acceptors (Lipinski definition) is 3. The quantitative estimate of drug-likeness (QED) is 0.941. The number of aromatic nitrogens is 3. The highest BCUT2D eigenvalue weighted by Gasteiger charge is 2.42. The molecule has 9 heteroatoms. The van der Waals surface area contributed by atoms with Gasteiger partial charge in [-0.25, -0.2) is 14.8 Å². The Bertz CT molecular complexity index is 697. The summed E-state index contributed by atoms with van der Waals surface area (Å²) < 4.78 is 40.0. The lowest BCUT2D eigenvalue weighted by atomic mass is 10.0. The normalized spacial score (nSPS) is 13.9. The smallest absolute Gasteiger partial charge is 0.449 e. The van der Waals surface area contributed by atoms with Crippen molar-refractivity contribution in [1.82, 2.24) is 14.5 Å². The van der Waals surface area contributed by atoms with Gasteiger partial charge in [-0.15, -0.1) is 0 Å². The summed E-state index contributed by atoms with van der Waals surface area (Å²) in [6.45, 7) is 3.03. The van der Waals surface area contributed by atoms with Crippen LogP contribution in [0.2, 0.25) is 5.02 Å². The van der Waals surface area contributed by atoms with Crippen molar-refractivity contribution >= 4 is 28.7 Å². The Morgan fingerprint density at radius 3 is 2.52 bits per heavy atom. The van der Waals surface area contributed by atoms with E-state index in [1.54, 1.807) is 0 Å². The lowest BCUT2D eigenvalue weighted by Gasteiger charge is -2.21. The van der Waals surface area contributed by atoms with Gasteiger partial charge in [-0.2, -0.15) is 13.2 Å². The average molecular weight is 322 g/mol. The molecule has 0 spiro atoms. The fourth-order valence-corrected chi connectivity index (χ4v) is 2.27. The number of halogens is 4. The molecule has 0 amide bonds. The second-order valence-corrected chi connectivity index (χ2v) is 5.26. The Morgan fingerprint density at radius 1 is 1.43 bits per heavy atom. The standard InChI is InChI=1S/C12H11ClF3N3O2/c1-5(2)8(10(20)21)19-9-7(3-6(13)4-17-9)18-11(19)12(14,15)16/h3-5,8H,1-2H3,(H,20,21). The molecule has 114 valence electrons. The van der Waals surface area contributed by atoms with E-state index in [1.807, 2.05) is 0 Å². The molecule has 0 saturated carbocycles. The zero-order chi connectivity index (χ0) is 15.9. The van der Waals surface area contributed by atoms with E-state index >= 15 is 0 Å². The number of nitrogens with zero attached hydrogens (tertiary/aromatic N) is 3. The average Bonchev–Trinajstić information content (AvgIpc) is 2.66.